The first-order valence-corrected chi connectivity index (χ1v) is 7.29. The summed E-state index contributed by atoms with van der Waals surface area (Å²) in [4.78, 5) is 2.54. The van der Waals surface area contributed by atoms with Gasteiger partial charge in [0.2, 0.25) is 0 Å². The Morgan fingerprint density at radius 2 is 2.11 bits per heavy atom. The molecule has 0 aromatic heterocycles. The minimum atomic E-state index is 0.354. The molecule has 2 N–H and O–H groups in total. The van der Waals surface area contributed by atoms with Crippen molar-refractivity contribution in [2.45, 2.75) is 31.8 Å². The molecule has 19 heavy (non-hydrogen) atoms. The molecule has 1 saturated heterocycles. The summed E-state index contributed by atoms with van der Waals surface area (Å²) in [6.07, 6.45) is 2.25. The number of likely N-dealkylation sites (tertiary alicyclic amines) is 1. The number of piperidine rings is 1. The summed E-state index contributed by atoms with van der Waals surface area (Å²) in [7, 11) is 1.78. The van der Waals surface area contributed by atoms with Gasteiger partial charge in [-0.3, -0.25) is 4.90 Å². The Morgan fingerprint density at radius 1 is 1.37 bits per heavy atom. The molecule has 3 atom stereocenters. The van der Waals surface area contributed by atoms with Crippen LogP contribution in [0.5, 0.6) is 0 Å². The maximum absolute atomic E-state index is 6.21. The van der Waals surface area contributed by atoms with Crippen molar-refractivity contribution in [1.82, 2.24) is 4.90 Å². The molecule has 1 aromatic carbocycles. The molecule has 3 unspecified atom stereocenters. The maximum atomic E-state index is 6.21. The number of ether oxygens (including phenoxy) is 1. The van der Waals surface area contributed by atoms with Crippen LogP contribution in [0.15, 0.2) is 30.3 Å². The van der Waals surface area contributed by atoms with E-state index < -0.39 is 0 Å². The lowest BCUT2D eigenvalue weighted by Gasteiger charge is -2.41. The Balaban J connectivity index is 2.11. The van der Waals surface area contributed by atoms with Crippen LogP contribution in [-0.2, 0) is 4.74 Å². The second-order valence-corrected chi connectivity index (χ2v) is 5.50. The van der Waals surface area contributed by atoms with Crippen LogP contribution in [0.3, 0.4) is 0 Å². The molecule has 0 amide bonds. The molecule has 0 bridgehead atoms. The molecule has 3 heteroatoms. The van der Waals surface area contributed by atoms with Crippen LogP contribution in [0.1, 0.15) is 31.4 Å². The van der Waals surface area contributed by atoms with Gasteiger partial charge in [-0.05, 0) is 17.9 Å². The zero-order valence-corrected chi connectivity index (χ0v) is 12.1. The van der Waals surface area contributed by atoms with E-state index in [1.807, 2.05) is 0 Å². The molecule has 0 spiro atoms. The van der Waals surface area contributed by atoms with E-state index in [9.17, 15) is 0 Å². The molecule has 2 rings (SSSR count). The van der Waals surface area contributed by atoms with E-state index >= 15 is 0 Å². The largest absolute Gasteiger partial charge is 0.383 e. The fourth-order valence-corrected chi connectivity index (χ4v) is 3.04. The van der Waals surface area contributed by atoms with E-state index in [2.05, 4.69) is 42.2 Å². The molecule has 0 aliphatic carbocycles. The molecule has 106 valence electrons. The lowest BCUT2D eigenvalue weighted by Crippen LogP contribution is -2.48. The summed E-state index contributed by atoms with van der Waals surface area (Å²) in [5.74, 6) is 0.608. The first kappa shape index (κ1) is 14.5. The Bertz CT molecular complexity index is 368. The van der Waals surface area contributed by atoms with Crippen LogP contribution in [0.25, 0.3) is 0 Å². The third kappa shape index (κ3) is 3.56. The highest BCUT2D eigenvalue weighted by Gasteiger charge is 2.30. The molecule has 0 saturated carbocycles. The van der Waals surface area contributed by atoms with Crippen molar-refractivity contribution in [3.05, 3.63) is 35.9 Å². The Hall–Kier alpha value is -0.900. The minimum Gasteiger partial charge on any atom is -0.383 e. The number of methoxy groups -OCH3 is 1. The smallest absolute Gasteiger partial charge is 0.0659 e. The molecular formula is C16H26N2O. The van der Waals surface area contributed by atoms with Crippen molar-refractivity contribution in [1.29, 1.82) is 0 Å². The predicted molar refractivity (Wildman–Crippen MR) is 79.0 cm³/mol. The van der Waals surface area contributed by atoms with E-state index in [1.54, 1.807) is 7.11 Å². The summed E-state index contributed by atoms with van der Waals surface area (Å²) in [6, 6.07) is 11.4. The van der Waals surface area contributed by atoms with Crippen molar-refractivity contribution >= 4 is 0 Å². The number of rotatable bonds is 5. The van der Waals surface area contributed by atoms with Gasteiger partial charge in [-0.1, -0.05) is 43.7 Å². The predicted octanol–water partition coefficient (Wildman–Crippen LogP) is 2.43. The SMILES string of the molecule is CCC1CN(C(COC)c2ccccc2)CCC1N. The Kier molecular flexibility index (Phi) is 5.37. The first-order chi connectivity index (χ1) is 9.26. The number of nitrogens with two attached hydrogens (primary N) is 1. The fraction of sp³-hybridized carbons (Fsp3) is 0.625. The summed E-state index contributed by atoms with van der Waals surface area (Å²) >= 11 is 0. The Morgan fingerprint density at radius 3 is 2.74 bits per heavy atom. The van der Waals surface area contributed by atoms with Crippen LogP contribution in [0.2, 0.25) is 0 Å². The van der Waals surface area contributed by atoms with Gasteiger partial charge < -0.3 is 10.5 Å². The normalized spacial score (nSPS) is 26.3. The van der Waals surface area contributed by atoms with Gasteiger partial charge in [-0.15, -0.1) is 0 Å². The van der Waals surface area contributed by atoms with Crippen molar-refractivity contribution < 1.29 is 4.74 Å². The molecule has 1 aromatic rings. The standard InChI is InChI=1S/C16H26N2O/c1-3-13-11-18(10-9-15(13)17)16(12-19-2)14-7-5-4-6-8-14/h4-8,13,15-16H,3,9-12,17H2,1-2H3. The molecule has 3 nitrogen and oxygen atoms in total. The minimum absolute atomic E-state index is 0.354. The summed E-state index contributed by atoms with van der Waals surface area (Å²) in [5, 5.41) is 0. The molecule has 1 aliphatic rings. The Labute approximate surface area is 116 Å². The van der Waals surface area contributed by atoms with E-state index in [0.717, 1.165) is 32.5 Å². The van der Waals surface area contributed by atoms with Crippen LogP contribution >= 0.6 is 0 Å². The fourth-order valence-electron chi connectivity index (χ4n) is 3.04. The van der Waals surface area contributed by atoms with Crippen LogP contribution in [0.4, 0.5) is 0 Å². The van der Waals surface area contributed by atoms with Gasteiger partial charge in [0, 0.05) is 26.2 Å². The number of hydrogen-bond acceptors (Lipinski definition) is 3. The van der Waals surface area contributed by atoms with Gasteiger partial charge in [0.1, 0.15) is 0 Å². The molecule has 0 radical (unpaired) electrons. The van der Waals surface area contributed by atoms with Crippen LogP contribution in [-0.4, -0.2) is 37.7 Å². The van der Waals surface area contributed by atoms with Crippen molar-refractivity contribution in [2.24, 2.45) is 11.7 Å². The highest BCUT2D eigenvalue weighted by atomic mass is 16.5. The van der Waals surface area contributed by atoms with E-state index in [0.29, 0.717) is 18.0 Å². The highest BCUT2D eigenvalue weighted by Crippen LogP contribution is 2.28. The second-order valence-electron chi connectivity index (χ2n) is 5.50. The van der Waals surface area contributed by atoms with Crippen LogP contribution in [0, 0.1) is 5.92 Å². The second kappa shape index (κ2) is 7.04. The maximum Gasteiger partial charge on any atom is 0.0659 e. The molecule has 1 fully saturated rings. The summed E-state index contributed by atoms with van der Waals surface area (Å²) in [5.41, 5.74) is 7.55. The average molecular weight is 262 g/mol. The van der Waals surface area contributed by atoms with E-state index in [1.165, 1.54) is 5.56 Å². The van der Waals surface area contributed by atoms with Gasteiger partial charge in [0.25, 0.3) is 0 Å². The topological polar surface area (TPSA) is 38.5 Å². The summed E-state index contributed by atoms with van der Waals surface area (Å²) < 4.78 is 5.43. The van der Waals surface area contributed by atoms with Gasteiger partial charge >= 0.3 is 0 Å². The van der Waals surface area contributed by atoms with Gasteiger partial charge in [-0.2, -0.15) is 0 Å². The average Bonchev–Trinajstić information content (AvgIpc) is 2.46. The zero-order chi connectivity index (χ0) is 13.7. The summed E-state index contributed by atoms with van der Waals surface area (Å²) in [6.45, 7) is 5.14. The lowest BCUT2D eigenvalue weighted by atomic mass is 9.89. The van der Waals surface area contributed by atoms with Gasteiger partial charge in [0.15, 0.2) is 0 Å². The van der Waals surface area contributed by atoms with Crippen molar-refractivity contribution in [2.75, 3.05) is 26.8 Å². The van der Waals surface area contributed by atoms with Gasteiger partial charge in [0.05, 0.1) is 12.6 Å². The van der Waals surface area contributed by atoms with Crippen LogP contribution < -0.4 is 5.73 Å². The molecular weight excluding hydrogens is 236 g/mol. The zero-order valence-electron chi connectivity index (χ0n) is 12.1. The third-order valence-electron chi connectivity index (χ3n) is 4.30. The van der Waals surface area contributed by atoms with Gasteiger partial charge in [-0.25, -0.2) is 0 Å². The first-order valence-electron chi connectivity index (χ1n) is 7.29. The molecule has 1 aliphatic heterocycles. The van der Waals surface area contributed by atoms with Crippen molar-refractivity contribution in [3.63, 3.8) is 0 Å². The van der Waals surface area contributed by atoms with E-state index in [-0.39, 0.29) is 0 Å². The quantitative estimate of drug-likeness (QED) is 0.885. The molecule has 1 heterocycles. The highest BCUT2D eigenvalue weighted by molar-refractivity contribution is 5.19. The van der Waals surface area contributed by atoms with Crippen molar-refractivity contribution in [3.8, 4) is 0 Å². The monoisotopic (exact) mass is 262 g/mol. The number of benzene rings is 1. The number of nitrogens with zero attached hydrogens (tertiary/aromatic N) is 1. The lowest BCUT2D eigenvalue weighted by molar-refractivity contribution is 0.0513. The third-order valence-corrected chi connectivity index (χ3v) is 4.30. The van der Waals surface area contributed by atoms with E-state index in [4.69, 9.17) is 10.5 Å². The number of hydrogen-bond donors (Lipinski definition) is 1.